The fourth-order valence-corrected chi connectivity index (χ4v) is 5.08. The van der Waals surface area contributed by atoms with E-state index in [2.05, 4.69) is 17.6 Å². The lowest BCUT2D eigenvalue weighted by Crippen LogP contribution is -2.31. The second kappa shape index (κ2) is 11.8. The summed E-state index contributed by atoms with van der Waals surface area (Å²) in [5.41, 5.74) is 3.78. The van der Waals surface area contributed by atoms with Gasteiger partial charge in [-0.2, -0.15) is 4.98 Å². The Balaban J connectivity index is 1.54. The number of amides is 1. The van der Waals surface area contributed by atoms with E-state index in [0.29, 0.717) is 45.4 Å². The van der Waals surface area contributed by atoms with Gasteiger partial charge in [-0.3, -0.25) is 4.79 Å². The lowest BCUT2D eigenvalue weighted by molar-refractivity contribution is -0.113. The quantitative estimate of drug-likeness (QED) is 0.222. The van der Waals surface area contributed by atoms with Crippen LogP contribution in [0, 0.1) is 0 Å². The topological polar surface area (TPSA) is 81.1 Å². The highest BCUT2D eigenvalue weighted by atomic mass is 35.5. The zero-order valence-corrected chi connectivity index (χ0v) is 22.7. The molecule has 1 aliphatic rings. The highest BCUT2D eigenvalue weighted by molar-refractivity contribution is 7.99. The Bertz CT molecular complexity index is 1450. The smallest absolute Gasteiger partial charge is 0.255 e. The predicted octanol–water partition coefficient (Wildman–Crippen LogP) is 6.94. The number of fused-ring (bicyclic) bond motifs is 1. The van der Waals surface area contributed by atoms with E-state index >= 15 is 0 Å². The summed E-state index contributed by atoms with van der Waals surface area (Å²) in [6, 6.07) is 24.2. The van der Waals surface area contributed by atoms with Crippen molar-refractivity contribution in [1.82, 2.24) is 14.8 Å². The van der Waals surface area contributed by atoms with Crippen molar-refractivity contribution >= 4 is 40.9 Å². The average Bonchev–Trinajstić information content (AvgIpc) is 3.34. The minimum atomic E-state index is -0.542. The first kappa shape index (κ1) is 25.9. The summed E-state index contributed by atoms with van der Waals surface area (Å²) in [7, 11) is 0. The van der Waals surface area contributed by atoms with Crippen LogP contribution in [0.2, 0.25) is 5.02 Å². The molecule has 0 aliphatic carbocycles. The van der Waals surface area contributed by atoms with Gasteiger partial charge in [0.2, 0.25) is 11.1 Å². The van der Waals surface area contributed by atoms with E-state index in [-0.39, 0.29) is 5.91 Å². The number of hydrogen-bond acceptors (Lipinski definition) is 6. The fourth-order valence-electron chi connectivity index (χ4n) is 4.27. The molecular formula is C29H28ClN5O2S. The molecule has 0 spiro atoms. The normalized spacial score (nSPS) is 14.6. The number of carbonyl (C=O) groups is 1. The molecule has 3 aromatic carbocycles. The first-order valence-corrected chi connectivity index (χ1v) is 13.8. The van der Waals surface area contributed by atoms with Gasteiger partial charge in [0.15, 0.2) is 0 Å². The highest BCUT2D eigenvalue weighted by Gasteiger charge is 2.36. The maximum Gasteiger partial charge on any atom is 0.255 e. The Labute approximate surface area is 231 Å². The van der Waals surface area contributed by atoms with Crippen molar-refractivity contribution in [2.24, 2.45) is 0 Å². The summed E-state index contributed by atoms with van der Waals surface area (Å²) in [5, 5.41) is 12.5. The Hall–Kier alpha value is -3.75. The molecule has 0 bridgehead atoms. The van der Waals surface area contributed by atoms with Crippen LogP contribution in [-0.4, -0.2) is 26.4 Å². The number of ether oxygens (including phenoxy) is 1. The van der Waals surface area contributed by atoms with Crippen LogP contribution in [0.4, 0.5) is 11.6 Å². The third-order valence-electron chi connectivity index (χ3n) is 6.07. The van der Waals surface area contributed by atoms with E-state index in [0.717, 1.165) is 23.3 Å². The standard InChI is InChI=1S/C29H28ClN5O2S/c1-3-17-38-29-33-28-31-19(2)25(27(36)32-22-9-5-4-6-10-22)26(35(28)34-29)23-11-7-8-12-24(23)37-18-20-13-15-21(30)16-14-20/h4-16,26H,3,17-18H2,1-2H3,(H,32,36)(H,31,33,34). The number of para-hydroxylation sites is 2. The molecule has 0 fully saturated rings. The number of thioether (sulfide) groups is 1. The second-order valence-electron chi connectivity index (χ2n) is 8.85. The maximum absolute atomic E-state index is 13.7. The molecular weight excluding hydrogens is 518 g/mol. The molecule has 1 amide bonds. The number of anilines is 2. The number of nitrogens with zero attached hydrogens (tertiary/aromatic N) is 3. The number of halogens is 1. The zero-order valence-electron chi connectivity index (χ0n) is 21.1. The van der Waals surface area contributed by atoms with Gasteiger partial charge >= 0.3 is 0 Å². The zero-order chi connectivity index (χ0) is 26.5. The van der Waals surface area contributed by atoms with Gasteiger partial charge in [-0.15, -0.1) is 5.10 Å². The van der Waals surface area contributed by atoms with Gasteiger partial charge < -0.3 is 15.4 Å². The van der Waals surface area contributed by atoms with Crippen LogP contribution in [-0.2, 0) is 11.4 Å². The molecule has 2 heterocycles. The molecule has 5 rings (SSSR count). The van der Waals surface area contributed by atoms with Crippen LogP contribution >= 0.6 is 23.4 Å². The number of carbonyl (C=O) groups excluding carboxylic acids is 1. The van der Waals surface area contributed by atoms with Crippen molar-refractivity contribution in [3.05, 3.63) is 106 Å². The first-order chi connectivity index (χ1) is 18.5. The Morgan fingerprint density at radius 2 is 1.82 bits per heavy atom. The molecule has 1 aromatic heterocycles. The summed E-state index contributed by atoms with van der Waals surface area (Å²) < 4.78 is 8.09. The van der Waals surface area contributed by atoms with Crippen LogP contribution in [0.25, 0.3) is 0 Å². The van der Waals surface area contributed by atoms with E-state index in [1.165, 1.54) is 0 Å². The van der Waals surface area contributed by atoms with Gasteiger partial charge in [0, 0.05) is 27.7 Å². The van der Waals surface area contributed by atoms with E-state index < -0.39 is 6.04 Å². The summed E-state index contributed by atoms with van der Waals surface area (Å²) in [4.78, 5) is 18.5. The number of hydrogen-bond donors (Lipinski definition) is 2. The summed E-state index contributed by atoms with van der Waals surface area (Å²) in [6.07, 6.45) is 1.01. The molecule has 1 atom stereocenters. The molecule has 9 heteroatoms. The van der Waals surface area contributed by atoms with Crippen LogP contribution in [0.3, 0.4) is 0 Å². The number of benzene rings is 3. The lowest BCUT2D eigenvalue weighted by Gasteiger charge is -2.29. The molecule has 194 valence electrons. The van der Waals surface area contributed by atoms with E-state index in [1.54, 1.807) is 16.4 Å². The van der Waals surface area contributed by atoms with Crippen molar-refractivity contribution in [2.75, 3.05) is 16.4 Å². The number of aromatic nitrogens is 3. The minimum absolute atomic E-state index is 0.220. The molecule has 0 saturated heterocycles. The Morgan fingerprint density at radius 3 is 2.58 bits per heavy atom. The molecule has 1 aliphatic heterocycles. The highest BCUT2D eigenvalue weighted by Crippen LogP contribution is 2.40. The Morgan fingerprint density at radius 1 is 1.08 bits per heavy atom. The molecule has 1 unspecified atom stereocenters. The SMILES string of the molecule is CCCSc1nc2n(n1)C(c1ccccc1OCc1ccc(Cl)cc1)C(C(=O)Nc1ccccc1)=C(C)N2. The van der Waals surface area contributed by atoms with E-state index in [1.807, 2.05) is 85.8 Å². The van der Waals surface area contributed by atoms with Gasteiger partial charge in [0.05, 0.1) is 5.57 Å². The third-order valence-corrected chi connectivity index (χ3v) is 7.36. The fraction of sp³-hybridized carbons (Fsp3) is 0.207. The molecule has 0 radical (unpaired) electrons. The van der Waals surface area contributed by atoms with Crippen LogP contribution in [0.1, 0.15) is 37.4 Å². The summed E-state index contributed by atoms with van der Waals surface area (Å²) in [5.74, 6) is 1.94. The van der Waals surface area contributed by atoms with Crippen molar-refractivity contribution < 1.29 is 9.53 Å². The largest absolute Gasteiger partial charge is 0.489 e. The molecule has 4 aromatic rings. The molecule has 7 nitrogen and oxygen atoms in total. The maximum atomic E-state index is 13.7. The molecule has 0 saturated carbocycles. The van der Waals surface area contributed by atoms with Crippen molar-refractivity contribution in [3.63, 3.8) is 0 Å². The monoisotopic (exact) mass is 545 g/mol. The number of rotatable bonds is 9. The van der Waals surface area contributed by atoms with Crippen molar-refractivity contribution in [1.29, 1.82) is 0 Å². The predicted molar refractivity (Wildman–Crippen MR) is 153 cm³/mol. The lowest BCUT2D eigenvalue weighted by atomic mass is 9.94. The van der Waals surface area contributed by atoms with Crippen molar-refractivity contribution in [2.45, 2.75) is 38.1 Å². The van der Waals surface area contributed by atoms with Crippen LogP contribution in [0.5, 0.6) is 5.75 Å². The van der Waals surface area contributed by atoms with Crippen molar-refractivity contribution in [3.8, 4) is 5.75 Å². The summed E-state index contributed by atoms with van der Waals surface area (Å²) >= 11 is 7.64. The first-order valence-electron chi connectivity index (χ1n) is 12.4. The van der Waals surface area contributed by atoms with Crippen LogP contribution < -0.4 is 15.4 Å². The number of allylic oxidation sites excluding steroid dienone is 1. The van der Waals surface area contributed by atoms with E-state index in [4.69, 9.17) is 26.4 Å². The minimum Gasteiger partial charge on any atom is -0.489 e. The van der Waals surface area contributed by atoms with Crippen LogP contribution in [0.15, 0.2) is 95.3 Å². The van der Waals surface area contributed by atoms with Gasteiger partial charge in [0.1, 0.15) is 18.4 Å². The van der Waals surface area contributed by atoms with E-state index in [9.17, 15) is 4.79 Å². The second-order valence-corrected chi connectivity index (χ2v) is 10.3. The summed E-state index contributed by atoms with van der Waals surface area (Å²) in [6.45, 7) is 4.37. The van der Waals surface area contributed by atoms with Gasteiger partial charge in [-0.25, -0.2) is 4.68 Å². The van der Waals surface area contributed by atoms with Gasteiger partial charge in [-0.05, 0) is 49.2 Å². The van der Waals surface area contributed by atoms with Gasteiger partial charge in [0.25, 0.3) is 5.91 Å². The van der Waals surface area contributed by atoms with Gasteiger partial charge in [-0.1, -0.05) is 78.8 Å². The Kier molecular flexibility index (Phi) is 8.00. The average molecular weight is 546 g/mol. The molecule has 38 heavy (non-hydrogen) atoms. The molecule has 2 N–H and O–H groups in total. The third kappa shape index (κ3) is 5.71. The number of nitrogens with one attached hydrogen (secondary N) is 2.